The summed E-state index contributed by atoms with van der Waals surface area (Å²) in [4.78, 5) is 18.5. The number of para-hydroxylation sites is 1. The summed E-state index contributed by atoms with van der Waals surface area (Å²) in [6, 6.07) is 14.4. The Balaban J connectivity index is 1.62. The molecule has 120 valence electrons. The van der Waals surface area contributed by atoms with Gasteiger partial charge in [0.25, 0.3) is 0 Å². The number of amides is 1. The van der Waals surface area contributed by atoms with E-state index in [1.54, 1.807) is 23.1 Å². The molecule has 4 rings (SSSR count). The van der Waals surface area contributed by atoms with E-state index in [9.17, 15) is 14.8 Å². The number of benzene rings is 2. The van der Waals surface area contributed by atoms with Gasteiger partial charge in [-0.05, 0) is 29.7 Å². The van der Waals surface area contributed by atoms with Crippen LogP contribution in [0.4, 0.5) is 5.69 Å². The predicted molar refractivity (Wildman–Crippen MR) is 90.0 cm³/mol. The highest BCUT2D eigenvalue weighted by Gasteiger charge is 2.34. The van der Waals surface area contributed by atoms with Crippen LogP contribution in [0.3, 0.4) is 0 Å². The Labute approximate surface area is 138 Å². The van der Waals surface area contributed by atoms with Crippen molar-refractivity contribution < 1.29 is 19.3 Å². The second-order valence-electron chi connectivity index (χ2n) is 5.89. The molecule has 0 aliphatic carbocycles. The molecule has 1 aliphatic rings. The SMILES string of the molecule is O=C1CC(c2nc3ccc(B(O)O)cc3o2)CN1c1ccccc1. The Morgan fingerprint density at radius 3 is 2.71 bits per heavy atom. The first kappa shape index (κ1) is 14.9. The average Bonchev–Trinajstić information content (AvgIpc) is 3.18. The van der Waals surface area contributed by atoms with Gasteiger partial charge in [0.15, 0.2) is 5.58 Å². The van der Waals surface area contributed by atoms with Gasteiger partial charge in [-0.3, -0.25) is 4.79 Å². The maximum atomic E-state index is 12.3. The monoisotopic (exact) mass is 322 g/mol. The fourth-order valence-corrected chi connectivity index (χ4v) is 3.02. The molecule has 1 fully saturated rings. The van der Waals surface area contributed by atoms with Crippen LogP contribution in [0.15, 0.2) is 52.9 Å². The summed E-state index contributed by atoms with van der Waals surface area (Å²) in [6.45, 7) is 0.519. The molecule has 0 spiro atoms. The zero-order valence-electron chi connectivity index (χ0n) is 12.8. The minimum Gasteiger partial charge on any atom is -0.440 e. The molecule has 24 heavy (non-hydrogen) atoms. The molecule has 0 bridgehead atoms. The maximum Gasteiger partial charge on any atom is 0.488 e. The zero-order chi connectivity index (χ0) is 16.7. The van der Waals surface area contributed by atoms with Gasteiger partial charge in [-0.2, -0.15) is 0 Å². The van der Waals surface area contributed by atoms with Gasteiger partial charge in [0.2, 0.25) is 11.8 Å². The van der Waals surface area contributed by atoms with E-state index in [4.69, 9.17) is 4.42 Å². The Morgan fingerprint density at radius 1 is 1.17 bits per heavy atom. The maximum absolute atomic E-state index is 12.3. The second-order valence-corrected chi connectivity index (χ2v) is 5.89. The summed E-state index contributed by atoms with van der Waals surface area (Å²) in [6.07, 6.45) is 0.344. The number of carbonyl (C=O) groups is 1. The molecule has 2 aromatic carbocycles. The number of fused-ring (bicyclic) bond motifs is 1. The lowest BCUT2D eigenvalue weighted by atomic mass is 9.80. The van der Waals surface area contributed by atoms with E-state index in [0.29, 0.717) is 35.4 Å². The minimum absolute atomic E-state index is 0.0416. The highest BCUT2D eigenvalue weighted by atomic mass is 16.4. The van der Waals surface area contributed by atoms with E-state index in [1.165, 1.54) is 0 Å². The van der Waals surface area contributed by atoms with Gasteiger partial charge in [0.05, 0.1) is 5.92 Å². The van der Waals surface area contributed by atoms with Crippen molar-refractivity contribution in [1.29, 1.82) is 0 Å². The molecule has 1 atom stereocenters. The molecule has 1 unspecified atom stereocenters. The fourth-order valence-electron chi connectivity index (χ4n) is 3.02. The molecule has 1 amide bonds. The van der Waals surface area contributed by atoms with Crippen molar-refractivity contribution in [3.63, 3.8) is 0 Å². The van der Waals surface area contributed by atoms with Gasteiger partial charge in [0.1, 0.15) is 5.52 Å². The molecular formula is C17H15BN2O4. The third kappa shape index (κ3) is 2.57. The number of hydrogen-bond acceptors (Lipinski definition) is 5. The molecule has 2 N–H and O–H groups in total. The van der Waals surface area contributed by atoms with Crippen LogP contribution >= 0.6 is 0 Å². The van der Waals surface area contributed by atoms with Gasteiger partial charge in [-0.1, -0.05) is 24.3 Å². The van der Waals surface area contributed by atoms with Crippen molar-refractivity contribution >= 4 is 35.3 Å². The summed E-state index contributed by atoms with van der Waals surface area (Å²) in [5.74, 6) is 0.425. The van der Waals surface area contributed by atoms with Gasteiger partial charge in [-0.25, -0.2) is 4.98 Å². The van der Waals surface area contributed by atoms with E-state index < -0.39 is 7.12 Å². The molecule has 6 nitrogen and oxygen atoms in total. The lowest BCUT2D eigenvalue weighted by Gasteiger charge is -2.15. The summed E-state index contributed by atoms with van der Waals surface area (Å²) >= 11 is 0. The first-order valence-corrected chi connectivity index (χ1v) is 7.74. The van der Waals surface area contributed by atoms with E-state index in [0.717, 1.165) is 5.69 Å². The van der Waals surface area contributed by atoms with E-state index in [2.05, 4.69) is 4.98 Å². The minimum atomic E-state index is -1.55. The van der Waals surface area contributed by atoms with Crippen LogP contribution in [-0.2, 0) is 4.79 Å². The number of hydrogen-bond donors (Lipinski definition) is 2. The van der Waals surface area contributed by atoms with Crippen LogP contribution < -0.4 is 10.4 Å². The Kier molecular flexibility index (Phi) is 3.59. The normalized spacial score (nSPS) is 17.7. The Hall–Kier alpha value is -2.64. The number of anilines is 1. The average molecular weight is 322 g/mol. The molecule has 1 aliphatic heterocycles. The van der Waals surface area contributed by atoms with Crippen LogP contribution in [0.2, 0.25) is 0 Å². The van der Waals surface area contributed by atoms with Crippen molar-refractivity contribution in [2.45, 2.75) is 12.3 Å². The molecule has 0 saturated carbocycles. The number of oxazole rings is 1. The first-order chi connectivity index (χ1) is 11.6. The summed E-state index contributed by atoms with van der Waals surface area (Å²) in [5, 5.41) is 18.5. The van der Waals surface area contributed by atoms with E-state index in [-0.39, 0.29) is 11.8 Å². The molecule has 3 aromatic rings. The van der Waals surface area contributed by atoms with E-state index >= 15 is 0 Å². The highest BCUT2D eigenvalue weighted by Crippen LogP contribution is 2.32. The second kappa shape index (κ2) is 5.77. The van der Waals surface area contributed by atoms with Crippen LogP contribution in [0.1, 0.15) is 18.2 Å². The Bertz CT molecular complexity index is 894. The zero-order valence-corrected chi connectivity index (χ0v) is 12.8. The number of carbonyl (C=O) groups excluding carboxylic acids is 1. The largest absolute Gasteiger partial charge is 0.488 e. The topological polar surface area (TPSA) is 86.8 Å². The van der Waals surface area contributed by atoms with Gasteiger partial charge < -0.3 is 19.4 Å². The van der Waals surface area contributed by atoms with Gasteiger partial charge >= 0.3 is 7.12 Å². The third-order valence-electron chi connectivity index (χ3n) is 4.27. The Morgan fingerprint density at radius 2 is 1.96 bits per heavy atom. The third-order valence-corrected chi connectivity index (χ3v) is 4.27. The highest BCUT2D eigenvalue weighted by molar-refractivity contribution is 6.58. The lowest BCUT2D eigenvalue weighted by molar-refractivity contribution is -0.117. The summed E-state index contributed by atoms with van der Waals surface area (Å²) in [7, 11) is -1.55. The molecule has 0 radical (unpaired) electrons. The molecule has 7 heteroatoms. The number of aromatic nitrogens is 1. The lowest BCUT2D eigenvalue weighted by Crippen LogP contribution is -2.29. The fraction of sp³-hybridized carbons (Fsp3) is 0.176. The van der Waals surface area contributed by atoms with Crippen molar-refractivity contribution in [3.05, 3.63) is 54.4 Å². The van der Waals surface area contributed by atoms with E-state index in [1.807, 2.05) is 30.3 Å². The quantitative estimate of drug-likeness (QED) is 0.703. The summed E-state index contributed by atoms with van der Waals surface area (Å²) < 4.78 is 5.76. The van der Waals surface area contributed by atoms with Crippen molar-refractivity contribution in [2.75, 3.05) is 11.4 Å². The smallest absolute Gasteiger partial charge is 0.440 e. The van der Waals surface area contributed by atoms with Crippen LogP contribution in [0, 0.1) is 0 Å². The van der Waals surface area contributed by atoms with Crippen LogP contribution in [0.25, 0.3) is 11.1 Å². The van der Waals surface area contributed by atoms with Crippen molar-refractivity contribution in [3.8, 4) is 0 Å². The first-order valence-electron chi connectivity index (χ1n) is 7.74. The molecule has 2 heterocycles. The standard InChI is InChI=1S/C17H15BN2O4/c21-16-8-11(10-20(16)13-4-2-1-3-5-13)17-19-14-7-6-12(18(22)23)9-15(14)24-17/h1-7,9,11,22-23H,8,10H2. The van der Waals surface area contributed by atoms with Crippen molar-refractivity contribution in [1.82, 2.24) is 4.98 Å². The molecule has 1 saturated heterocycles. The predicted octanol–water partition coefficient (Wildman–Crippen LogP) is 1.03. The number of rotatable bonds is 3. The van der Waals surface area contributed by atoms with Gasteiger partial charge in [-0.15, -0.1) is 0 Å². The molecule has 1 aromatic heterocycles. The number of nitrogens with zero attached hydrogens (tertiary/aromatic N) is 2. The van der Waals surface area contributed by atoms with Crippen molar-refractivity contribution in [2.24, 2.45) is 0 Å². The van der Waals surface area contributed by atoms with Gasteiger partial charge in [0, 0.05) is 18.7 Å². The molecular weight excluding hydrogens is 307 g/mol. The van der Waals surface area contributed by atoms with Crippen LogP contribution in [0.5, 0.6) is 0 Å². The summed E-state index contributed by atoms with van der Waals surface area (Å²) in [5.41, 5.74) is 2.34. The van der Waals surface area contributed by atoms with Crippen LogP contribution in [-0.4, -0.2) is 34.6 Å².